The van der Waals surface area contributed by atoms with Gasteiger partial charge in [-0.15, -0.1) is 0 Å². The maximum atomic E-state index is 9.41. The third-order valence-corrected chi connectivity index (χ3v) is 10.6. The Bertz CT molecular complexity index is 3040. The van der Waals surface area contributed by atoms with Crippen molar-refractivity contribution in [2.45, 2.75) is 0 Å². The van der Waals surface area contributed by atoms with Crippen molar-refractivity contribution in [2.24, 2.45) is 0 Å². The number of rotatable bonds is 3. The maximum absolute atomic E-state index is 9.41. The summed E-state index contributed by atoms with van der Waals surface area (Å²) in [6.07, 6.45) is 1.98. The van der Waals surface area contributed by atoms with Gasteiger partial charge in [0.1, 0.15) is 11.5 Å². The Kier molecular flexibility index (Phi) is 5.73. The Morgan fingerprint density at radius 1 is 0.431 bits per heavy atom. The van der Waals surface area contributed by atoms with E-state index in [2.05, 4.69) is 127 Å². The lowest BCUT2D eigenvalue weighted by Gasteiger charge is -2.22. The van der Waals surface area contributed by atoms with Crippen LogP contribution in [0.4, 0.5) is 0 Å². The summed E-state index contributed by atoms with van der Waals surface area (Å²) in [6, 6.07) is 56.1. The van der Waals surface area contributed by atoms with E-state index >= 15 is 0 Å². The summed E-state index contributed by atoms with van der Waals surface area (Å²) in [4.78, 5) is 5.01. The van der Waals surface area contributed by atoms with Crippen LogP contribution in [0.2, 0.25) is 0 Å². The number of nitriles is 1. The second-order valence-corrected chi connectivity index (χ2v) is 13.4. The molecule has 0 saturated carbocycles. The minimum atomic E-state index is 0.586. The van der Waals surface area contributed by atoms with Crippen molar-refractivity contribution in [3.63, 3.8) is 0 Å². The Labute approximate surface area is 293 Å². The lowest BCUT2D eigenvalue weighted by Crippen LogP contribution is -1.98. The van der Waals surface area contributed by atoms with Gasteiger partial charge in [0.25, 0.3) is 0 Å². The molecule has 0 radical (unpaired) electrons. The van der Waals surface area contributed by atoms with Gasteiger partial charge in [-0.25, -0.2) is 0 Å². The van der Waals surface area contributed by atoms with E-state index in [1.807, 2.05) is 36.5 Å². The predicted molar refractivity (Wildman–Crippen MR) is 209 cm³/mol. The molecule has 0 N–H and O–H groups in total. The molecule has 1 aromatic heterocycles. The summed E-state index contributed by atoms with van der Waals surface area (Å²) >= 11 is 0. The smallest absolute Gasteiger partial charge is 0.136 e. The summed E-state index contributed by atoms with van der Waals surface area (Å²) in [7, 11) is 0. The second-order valence-electron chi connectivity index (χ2n) is 13.4. The number of fused-ring (bicyclic) bond motifs is 3. The molecular formula is C48H26N2O. The number of aromatic nitrogens is 1. The van der Waals surface area contributed by atoms with E-state index in [9.17, 15) is 5.26 Å². The maximum Gasteiger partial charge on any atom is 0.136 e. The number of ether oxygens (including phenoxy) is 1. The SMILES string of the molecule is N#Cc1ccc2c(c1)Oc1cccc3c(-c4ccc(-c5cc6ccc7cc(-c8cccc9ccccc89)cc8ccc(c5)c6c78)nc4)ccc-2c13. The molecule has 0 bridgehead atoms. The molecule has 0 amide bonds. The molecule has 0 aliphatic carbocycles. The van der Waals surface area contributed by atoms with Crippen LogP contribution in [0.1, 0.15) is 5.56 Å². The Balaban J connectivity index is 0.983. The van der Waals surface area contributed by atoms with Crippen LogP contribution in [-0.4, -0.2) is 4.98 Å². The highest BCUT2D eigenvalue weighted by molar-refractivity contribution is 6.24. The highest BCUT2D eigenvalue weighted by atomic mass is 16.5. The van der Waals surface area contributed by atoms with Gasteiger partial charge in [0.15, 0.2) is 0 Å². The zero-order valence-electron chi connectivity index (χ0n) is 27.3. The first kappa shape index (κ1) is 27.9. The molecule has 51 heavy (non-hydrogen) atoms. The normalized spacial score (nSPS) is 12.1. The fraction of sp³-hybridized carbons (Fsp3) is 0. The van der Waals surface area contributed by atoms with Crippen LogP contribution >= 0.6 is 0 Å². The van der Waals surface area contributed by atoms with Gasteiger partial charge in [0, 0.05) is 28.3 Å². The first-order valence-electron chi connectivity index (χ1n) is 17.2. The van der Waals surface area contributed by atoms with Gasteiger partial charge in [0.05, 0.1) is 17.3 Å². The largest absolute Gasteiger partial charge is 0.456 e. The molecule has 0 fully saturated rings. The minimum absolute atomic E-state index is 0.586. The fourth-order valence-corrected chi connectivity index (χ4v) is 8.29. The molecule has 3 heteroatoms. The number of nitrogens with zero attached hydrogens (tertiary/aromatic N) is 2. The zero-order valence-corrected chi connectivity index (χ0v) is 27.3. The monoisotopic (exact) mass is 646 g/mol. The van der Waals surface area contributed by atoms with Crippen molar-refractivity contribution in [1.29, 1.82) is 5.26 Å². The first-order chi connectivity index (χ1) is 25.2. The molecule has 10 aromatic rings. The van der Waals surface area contributed by atoms with Crippen LogP contribution in [0.3, 0.4) is 0 Å². The second kappa shape index (κ2) is 10.5. The molecule has 0 saturated heterocycles. The molecule has 0 unspecified atom stereocenters. The average molecular weight is 647 g/mol. The van der Waals surface area contributed by atoms with E-state index in [-0.39, 0.29) is 0 Å². The summed E-state index contributed by atoms with van der Waals surface area (Å²) in [5.74, 6) is 1.52. The van der Waals surface area contributed by atoms with Gasteiger partial charge in [-0.1, -0.05) is 97.1 Å². The first-order valence-corrected chi connectivity index (χ1v) is 17.2. The van der Waals surface area contributed by atoms with E-state index in [1.54, 1.807) is 0 Å². The molecule has 0 spiro atoms. The molecule has 2 heterocycles. The van der Waals surface area contributed by atoms with Gasteiger partial charge < -0.3 is 4.74 Å². The molecule has 0 atom stereocenters. The Hall–Kier alpha value is -7.02. The van der Waals surface area contributed by atoms with E-state index in [0.29, 0.717) is 11.3 Å². The lowest BCUT2D eigenvalue weighted by molar-refractivity contribution is 0.487. The van der Waals surface area contributed by atoms with Crippen LogP contribution in [0.5, 0.6) is 11.5 Å². The van der Waals surface area contributed by atoms with Crippen molar-refractivity contribution >= 4 is 53.9 Å². The molecule has 234 valence electrons. The number of pyridine rings is 1. The highest BCUT2D eigenvalue weighted by Crippen LogP contribution is 2.49. The van der Waals surface area contributed by atoms with Gasteiger partial charge in [-0.05, 0) is 125 Å². The van der Waals surface area contributed by atoms with Gasteiger partial charge in [-0.3, -0.25) is 4.98 Å². The van der Waals surface area contributed by atoms with Crippen LogP contribution in [0.25, 0.3) is 98.5 Å². The standard InChI is InChI=1S/C48H26N2O/c49-26-28-11-17-40-42-19-18-39(41-9-4-10-44(48(41)42)51-45(40)21-28)34-16-20-43(50-27-34)36-24-32-14-12-30-22-35(23-31-13-15-33(25-36)47(32)46(30)31)38-8-3-6-29-5-1-2-7-37(29)38/h1-25,27H. The Morgan fingerprint density at radius 3 is 1.82 bits per heavy atom. The number of benzene rings is 9. The van der Waals surface area contributed by atoms with Gasteiger partial charge in [0.2, 0.25) is 0 Å². The molecule has 9 aromatic carbocycles. The summed E-state index contributed by atoms with van der Waals surface area (Å²) < 4.78 is 6.32. The molecular weight excluding hydrogens is 621 g/mol. The zero-order chi connectivity index (χ0) is 33.6. The quantitative estimate of drug-likeness (QED) is 0.179. The molecule has 11 rings (SSSR count). The van der Waals surface area contributed by atoms with Crippen LogP contribution < -0.4 is 4.74 Å². The Morgan fingerprint density at radius 2 is 1.08 bits per heavy atom. The predicted octanol–water partition coefficient (Wildman–Crippen LogP) is 12.9. The summed E-state index contributed by atoms with van der Waals surface area (Å²) in [5.41, 5.74) is 9.39. The van der Waals surface area contributed by atoms with Crippen molar-refractivity contribution in [3.8, 4) is 62.2 Å². The third-order valence-electron chi connectivity index (χ3n) is 10.6. The van der Waals surface area contributed by atoms with Gasteiger partial charge >= 0.3 is 0 Å². The minimum Gasteiger partial charge on any atom is -0.456 e. The van der Waals surface area contributed by atoms with Crippen molar-refractivity contribution in [1.82, 2.24) is 4.98 Å². The van der Waals surface area contributed by atoms with Crippen molar-refractivity contribution < 1.29 is 4.74 Å². The van der Waals surface area contributed by atoms with Crippen LogP contribution in [0.15, 0.2) is 158 Å². The lowest BCUT2D eigenvalue weighted by atomic mass is 9.89. The number of hydrogen-bond donors (Lipinski definition) is 0. The van der Waals surface area contributed by atoms with Crippen molar-refractivity contribution in [3.05, 3.63) is 163 Å². The third kappa shape index (κ3) is 4.14. The van der Waals surface area contributed by atoms with Crippen LogP contribution in [0, 0.1) is 11.3 Å². The van der Waals surface area contributed by atoms with E-state index in [1.165, 1.54) is 54.2 Å². The molecule has 1 aliphatic heterocycles. The van der Waals surface area contributed by atoms with Gasteiger partial charge in [-0.2, -0.15) is 5.26 Å². The topological polar surface area (TPSA) is 45.9 Å². The van der Waals surface area contributed by atoms with Crippen molar-refractivity contribution in [2.75, 3.05) is 0 Å². The van der Waals surface area contributed by atoms with E-state index in [0.717, 1.165) is 50.0 Å². The fourth-order valence-electron chi connectivity index (χ4n) is 8.29. The number of hydrogen-bond acceptors (Lipinski definition) is 3. The average Bonchev–Trinajstić information content (AvgIpc) is 3.19. The molecule has 3 nitrogen and oxygen atoms in total. The molecule has 1 aliphatic rings. The summed E-state index contributed by atoms with van der Waals surface area (Å²) in [6.45, 7) is 0. The van der Waals surface area contributed by atoms with E-state index in [4.69, 9.17) is 9.72 Å². The summed E-state index contributed by atoms with van der Waals surface area (Å²) in [5, 5.41) is 21.7. The highest BCUT2D eigenvalue weighted by Gasteiger charge is 2.22. The van der Waals surface area contributed by atoms with Crippen LogP contribution in [-0.2, 0) is 0 Å². The van der Waals surface area contributed by atoms with E-state index < -0.39 is 0 Å².